The monoisotopic (exact) mass is 733 g/mol. The fraction of sp³-hybridized carbons (Fsp3) is 0.324. The number of esters is 3. The molecule has 12 nitrogen and oxygen atoms in total. The Bertz CT molecular complexity index is 1830. The highest BCUT2D eigenvalue weighted by atomic mass is 35.5. The van der Waals surface area contributed by atoms with Crippen LogP contribution in [0.4, 0.5) is 5.69 Å². The van der Waals surface area contributed by atoms with Crippen LogP contribution in [0.3, 0.4) is 0 Å². The molecule has 1 aromatic heterocycles. The molecular formula is C34H34Cl3N3O9. The van der Waals surface area contributed by atoms with Gasteiger partial charge in [-0.1, -0.05) is 34.8 Å². The van der Waals surface area contributed by atoms with Gasteiger partial charge in [0.05, 0.1) is 30.5 Å². The minimum Gasteiger partial charge on any atom is -0.479 e. The van der Waals surface area contributed by atoms with E-state index in [1.807, 2.05) is 0 Å². The molecular weight excluding hydrogens is 701 g/mol. The number of nitrogens with zero attached hydrogens (tertiary/aromatic N) is 3. The van der Waals surface area contributed by atoms with Crippen LogP contribution in [0, 0.1) is 0 Å². The molecule has 0 radical (unpaired) electrons. The molecule has 0 N–H and O–H groups in total. The Morgan fingerprint density at radius 1 is 0.878 bits per heavy atom. The van der Waals surface area contributed by atoms with Crippen molar-refractivity contribution in [3.63, 3.8) is 0 Å². The van der Waals surface area contributed by atoms with Crippen molar-refractivity contribution in [1.82, 2.24) is 4.98 Å². The predicted octanol–water partition coefficient (Wildman–Crippen LogP) is 8.05. The summed E-state index contributed by atoms with van der Waals surface area (Å²) in [6.45, 7) is 9.18. The highest BCUT2D eigenvalue weighted by molar-refractivity contribution is 6.39. The largest absolute Gasteiger partial charge is 0.479 e. The fourth-order valence-corrected chi connectivity index (χ4v) is 5.18. The van der Waals surface area contributed by atoms with Gasteiger partial charge in [-0.15, -0.1) is 0 Å². The van der Waals surface area contributed by atoms with Crippen LogP contribution in [0.15, 0.2) is 70.2 Å². The van der Waals surface area contributed by atoms with Crippen molar-refractivity contribution in [3.8, 4) is 17.6 Å². The van der Waals surface area contributed by atoms with E-state index in [4.69, 9.17) is 62.9 Å². The van der Waals surface area contributed by atoms with E-state index in [9.17, 15) is 14.4 Å². The maximum atomic E-state index is 12.5. The Balaban J connectivity index is 0.000000221. The van der Waals surface area contributed by atoms with Crippen LogP contribution >= 0.6 is 34.8 Å². The van der Waals surface area contributed by atoms with E-state index in [2.05, 4.69) is 10.1 Å². The third-order valence-electron chi connectivity index (χ3n) is 6.86. The number of oxazole rings is 1. The first-order chi connectivity index (χ1) is 23.4. The van der Waals surface area contributed by atoms with Crippen LogP contribution in [0.1, 0.15) is 41.0 Å². The second-order valence-electron chi connectivity index (χ2n) is 10.5. The van der Waals surface area contributed by atoms with Crippen molar-refractivity contribution < 1.29 is 42.5 Å². The van der Waals surface area contributed by atoms with Gasteiger partial charge in [-0.3, -0.25) is 0 Å². The van der Waals surface area contributed by atoms with E-state index in [0.717, 1.165) is 0 Å². The van der Waals surface area contributed by atoms with Crippen molar-refractivity contribution in [1.29, 1.82) is 0 Å². The normalized spacial score (nSPS) is 15.8. The van der Waals surface area contributed by atoms with Crippen LogP contribution in [0.2, 0.25) is 15.1 Å². The molecule has 0 saturated heterocycles. The number of ether oxygens (including phenoxy) is 5. The van der Waals surface area contributed by atoms with Gasteiger partial charge < -0.3 is 28.1 Å². The highest BCUT2D eigenvalue weighted by Gasteiger charge is 2.49. The lowest BCUT2D eigenvalue weighted by molar-refractivity contribution is -0.150. The van der Waals surface area contributed by atoms with Gasteiger partial charge >= 0.3 is 24.0 Å². The number of rotatable bonds is 11. The summed E-state index contributed by atoms with van der Waals surface area (Å²) in [6.07, 6.45) is -0.511. The molecule has 1 unspecified atom stereocenters. The molecule has 1 aliphatic heterocycles. The summed E-state index contributed by atoms with van der Waals surface area (Å²) in [7, 11) is 0. The van der Waals surface area contributed by atoms with Crippen LogP contribution in [-0.2, 0) is 28.6 Å². The van der Waals surface area contributed by atoms with E-state index >= 15 is 0 Å². The molecule has 0 aliphatic carbocycles. The van der Waals surface area contributed by atoms with Crippen LogP contribution in [0.5, 0.6) is 17.6 Å². The zero-order valence-electron chi connectivity index (χ0n) is 27.3. The zero-order chi connectivity index (χ0) is 35.7. The molecule has 0 bridgehead atoms. The average Bonchev–Trinajstić information content (AvgIpc) is 3.63. The van der Waals surface area contributed by atoms with Gasteiger partial charge in [0, 0.05) is 22.5 Å². The number of carbonyl (C=O) groups is 3. The molecule has 0 spiro atoms. The zero-order valence-corrected chi connectivity index (χ0v) is 29.6. The van der Waals surface area contributed by atoms with Gasteiger partial charge in [-0.2, -0.15) is 10.1 Å². The molecule has 1 aliphatic rings. The van der Waals surface area contributed by atoms with Gasteiger partial charge in [0.1, 0.15) is 22.7 Å². The van der Waals surface area contributed by atoms with Gasteiger partial charge in [0.2, 0.25) is 0 Å². The first-order valence-electron chi connectivity index (χ1n) is 15.2. The standard InChI is InChI=1S/C18H16ClNO5.C16H18Cl2N2O4/c1-3-22-17(21)11(2)23-13-5-7-14(8-6-13)24-18-20-15-9-4-12(19)10-16(15)25-18;1-4-23-14(21)12-9-16(3,15(22)24-5-2)20(19-12)13-7-6-10(17)8-11(13)18/h4-11H,3H2,1-2H3;6-8H,4-5,9H2,1-3H3/t11-;/m1./s1. The number of hydrogen-bond donors (Lipinski definition) is 0. The lowest BCUT2D eigenvalue weighted by atomic mass is 9.95. The second kappa shape index (κ2) is 16.7. The summed E-state index contributed by atoms with van der Waals surface area (Å²) >= 11 is 18.1. The van der Waals surface area contributed by atoms with E-state index in [-0.39, 0.29) is 31.4 Å². The van der Waals surface area contributed by atoms with Gasteiger partial charge in [0.15, 0.2) is 17.2 Å². The Morgan fingerprint density at radius 2 is 1.51 bits per heavy atom. The Morgan fingerprint density at radius 3 is 2.16 bits per heavy atom. The van der Waals surface area contributed by atoms with Crippen molar-refractivity contribution in [2.75, 3.05) is 24.8 Å². The average molecular weight is 735 g/mol. The summed E-state index contributed by atoms with van der Waals surface area (Å²) in [5.41, 5.74) is 0.595. The van der Waals surface area contributed by atoms with Crippen molar-refractivity contribution in [3.05, 3.63) is 75.7 Å². The highest BCUT2D eigenvalue weighted by Crippen LogP contribution is 2.39. The molecule has 3 aromatic carbocycles. The smallest absolute Gasteiger partial charge is 0.400 e. The van der Waals surface area contributed by atoms with Crippen molar-refractivity contribution in [2.24, 2.45) is 5.10 Å². The molecule has 260 valence electrons. The van der Waals surface area contributed by atoms with E-state index in [1.165, 1.54) is 5.01 Å². The fourth-order valence-electron chi connectivity index (χ4n) is 4.53. The topological polar surface area (TPSA) is 139 Å². The quantitative estimate of drug-likeness (QED) is 0.109. The van der Waals surface area contributed by atoms with Crippen molar-refractivity contribution in [2.45, 2.75) is 52.7 Å². The number of carbonyl (C=O) groups excluding carboxylic acids is 3. The van der Waals surface area contributed by atoms with E-state index in [1.54, 1.807) is 95.3 Å². The molecule has 4 aromatic rings. The molecule has 2 heterocycles. The molecule has 5 rings (SSSR count). The molecule has 49 heavy (non-hydrogen) atoms. The SMILES string of the molecule is CCOC(=O)C1=NN(c2ccc(Cl)cc2Cl)C(C)(C(=O)OCC)C1.CCOC(=O)[C@@H](C)Oc1ccc(Oc2nc3ccc(Cl)cc3o2)cc1. The summed E-state index contributed by atoms with van der Waals surface area (Å²) in [5.74, 6) is -0.432. The summed E-state index contributed by atoms with van der Waals surface area (Å²) < 4.78 is 31.6. The molecule has 0 fully saturated rings. The van der Waals surface area contributed by atoms with Crippen LogP contribution in [-0.4, -0.2) is 60.1 Å². The molecule has 2 atom stereocenters. The third-order valence-corrected chi connectivity index (χ3v) is 7.63. The Hall–Kier alpha value is -4.52. The minimum atomic E-state index is -1.20. The summed E-state index contributed by atoms with van der Waals surface area (Å²) in [4.78, 5) is 40.3. The number of hydrazone groups is 1. The Kier molecular flexibility index (Phi) is 12.7. The molecule has 15 heteroatoms. The lowest BCUT2D eigenvalue weighted by Gasteiger charge is -2.32. The minimum absolute atomic E-state index is 0.0591. The number of fused-ring (bicyclic) bond motifs is 1. The maximum absolute atomic E-state index is 12.5. The lowest BCUT2D eigenvalue weighted by Crippen LogP contribution is -2.48. The number of anilines is 1. The molecule has 0 saturated carbocycles. The second-order valence-corrected chi connectivity index (χ2v) is 11.8. The van der Waals surface area contributed by atoms with Crippen LogP contribution < -0.4 is 14.5 Å². The Labute approximate surface area is 297 Å². The van der Waals surface area contributed by atoms with Gasteiger partial charge in [0.25, 0.3) is 0 Å². The van der Waals surface area contributed by atoms with E-state index < -0.39 is 29.6 Å². The van der Waals surface area contributed by atoms with Gasteiger partial charge in [-0.05, 0) is 89.2 Å². The maximum Gasteiger partial charge on any atom is 0.400 e. The third kappa shape index (κ3) is 9.34. The number of halogens is 3. The number of benzene rings is 3. The first-order valence-corrected chi connectivity index (χ1v) is 16.4. The number of hydrogen-bond acceptors (Lipinski definition) is 12. The van der Waals surface area contributed by atoms with E-state index in [0.29, 0.717) is 50.0 Å². The van der Waals surface area contributed by atoms with Crippen molar-refractivity contribution >= 4 is 75.2 Å². The number of aromatic nitrogens is 1. The first kappa shape index (κ1) is 37.3. The summed E-state index contributed by atoms with van der Waals surface area (Å²) in [6, 6.07) is 16.7. The summed E-state index contributed by atoms with van der Waals surface area (Å²) in [5, 5.41) is 7.00. The van der Waals surface area contributed by atoms with Gasteiger partial charge in [-0.25, -0.2) is 19.4 Å². The van der Waals surface area contributed by atoms with Crippen LogP contribution in [0.25, 0.3) is 11.1 Å². The predicted molar refractivity (Wildman–Crippen MR) is 185 cm³/mol. The molecule has 0 amide bonds.